The number of methoxy groups -OCH3 is 1. The van der Waals surface area contributed by atoms with Crippen LogP contribution in [0.4, 0.5) is 5.82 Å². The van der Waals surface area contributed by atoms with E-state index in [1.165, 1.54) is 0 Å². The van der Waals surface area contributed by atoms with E-state index in [0.29, 0.717) is 16.4 Å². The Morgan fingerprint density at radius 2 is 2.08 bits per heavy atom. The van der Waals surface area contributed by atoms with Crippen molar-refractivity contribution in [3.8, 4) is 11.4 Å². The summed E-state index contributed by atoms with van der Waals surface area (Å²) in [7, 11) is 1.63. The monoisotopic (exact) mass is 373 g/mol. The van der Waals surface area contributed by atoms with Gasteiger partial charge in [0.2, 0.25) is 0 Å². The molecule has 0 radical (unpaired) electrons. The fourth-order valence-corrected chi connectivity index (χ4v) is 4.24. The van der Waals surface area contributed by atoms with E-state index in [2.05, 4.69) is 20.0 Å². The Balaban J connectivity index is 1.73. The molecule has 3 heterocycles. The number of rotatable bonds is 4. The van der Waals surface area contributed by atoms with Crippen molar-refractivity contribution in [2.75, 3.05) is 12.4 Å². The van der Waals surface area contributed by atoms with Crippen molar-refractivity contribution in [3.05, 3.63) is 46.1 Å². The van der Waals surface area contributed by atoms with Gasteiger partial charge in [-0.25, -0.2) is 4.68 Å². The molecule has 0 atom stereocenters. The number of ether oxygens (including phenoxy) is 1. The van der Waals surface area contributed by atoms with Crippen LogP contribution in [0, 0.1) is 6.92 Å². The van der Waals surface area contributed by atoms with Crippen LogP contribution < -0.4 is 10.1 Å². The second-order valence-corrected chi connectivity index (χ2v) is 7.26. The largest absolute Gasteiger partial charge is 0.497 e. The van der Waals surface area contributed by atoms with Crippen LogP contribution in [0.2, 0.25) is 0 Å². The summed E-state index contributed by atoms with van der Waals surface area (Å²) < 4.78 is 10.8. The van der Waals surface area contributed by atoms with Gasteiger partial charge in [0.25, 0.3) is 5.91 Å². The number of nitrogens with zero attached hydrogens (tertiary/aromatic N) is 4. The predicted molar refractivity (Wildman–Crippen MR) is 97.7 cm³/mol. The minimum absolute atomic E-state index is 0.207. The maximum atomic E-state index is 12.6. The number of nitrogens with one attached hydrogen (secondary N) is 1. The van der Waals surface area contributed by atoms with Gasteiger partial charge in [0.1, 0.15) is 16.4 Å². The molecule has 2 aromatic heterocycles. The van der Waals surface area contributed by atoms with Crippen molar-refractivity contribution in [2.45, 2.75) is 18.4 Å². The predicted octanol–water partition coefficient (Wildman–Crippen LogP) is 3.04. The van der Waals surface area contributed by atoms with Crippen LogP contribution in [0.1, 0.15) is 26.6 Å². The summed E-state index contributed by atoms with van der Waals surface area (Å²) in [4.78, 5) is 13.1. The summed E-state index contributed by atoms with van der Waals surface area (Å²) in [6.07, 6.45) is 0. The third-order valence-corrected chi connectivity index (χ3v) is 5.76. The quantitative estimate of drug-likeness (QED) is 0.757. The molecule has 0 saturated carbocycles. The van der Waals surface area contributed by atoms with Gasteiger partial charge in [-0.05, 0) is 42.7 Å². The molecular weight excluding hydrogens is 358 g/mol. The van der Waals surface area contributed by atoms with E-state index in [-0.39, 0.29) is 5.91 Å². The summed E-state index contributed by atoms with van der Waals surface area (Å²) in [6.45, 7) is 1.78. The van der Waals surface area contributed by atoms with Gasteiger partial charge in [-0.15, -0.1) is 5.10 Å². The van der Waals surface area contributed by atoms with Gasteiger partial charge in [0.15, 0.2) is 0 Å². The topological polar surface area (TPSA) is 81.9 Å². The number of carbonyl (C=O) groups is 1. The second kappa shape index (κ2) is 6.49. The molecule has 1 aliphatic heterocycles. The van der Waals surface area contributed by atoms with Crippen LogP contribution >= 0.6 is 23.3 Å². The molecule has 9 heteroatoms. The number of fused-ring (bicyclic) bond motifs is 1. The third kappa shape index (κ3) is 2.89. The van der Waals surface area contributed by atoms with Gasteiger partial charge in [-0.1, -0.05) is 4.49 Å². The number of aromatic nitrogens is 4. The van der Waals surface area contributed by atoms with Crippen molar-refractivity contribution in [1.29, 1.82) is 0 Å². The molecular formula is C16H15N5O2S2. The molecule has 3 aromatic rings. The highest BCUT2D eigenvalue weighted by molar-refractivity contribution is 7.98. The lowest BCUT2D eigenvalue weighted by Crippen LogP contribution is -2.16. The Morgan fingerprint density at radius 3 is 2.76 bits per heavy atom. The molecule has 25 heavy (non-hydrogen) atoms. The SMILES string of the molecule is COc1ccc(-n2nc3c(c2NC(=O)c2snnc2C)CSC3)cc1. The number of anilines is 1. The molecule has 1 N–H and O–H groups in total. The molecule has 4 rings (SSSR count). The smallest absolute Gasteiger partial charge is 0.270 e. The van der Waals surface area contributed by atoms with E-state index in [1.807, 2.05) is 24.3 Å². The van der Waals surface area contributed by atoms with E-state index in [1.54, 1.807) is 30.5 Å². The molecule has 1 aromatic carbocycles. The first-order valence-electron chi connectivity index (χ1n) is 7.60. The van der Waals surface area contributed by atoms with Crippen molar-refractivity contribution < 1.29 is 9.53 Å². The highest BCUT2D eigenvalue weighted by atomic mass is 32.2. The molecule has 0 spiro atoms. The number of hydrogen-bond acceptors (Lipinski definition) is 7. The summed E-state index contributed by atoms with van der Waals surface area (Å²) in [5, 5.41) is 11.6. The van der Waals surface area contributed by atoms with E-state index in [0.717, 1.165) is 45.7 Å². The lowest BCUT2D eigenvalue weighted by Gasteiger charge is -2.11. The van der Waals surface area contributed by atoms with Crippen LogP contribution in [0.15, 0.2) is 24.3 Å². The molecule has 0 saturated heterocycles. The zero-order valence-electron chi connectivity index (χ0n) is 13.6. The van der Waals surface area contributed by atoms with Gasteiger partial charge in [-0.3, -0.25) is 4.79 Å². The van der Waals surface area contributed by atoms with Crippen LogP contribution in [0.3, 0.4) is 0 Å². The summed E-state index contributed by atoms with van der Waals surface area (Å²) in [6, 6.07) is 7.59. The van der Waals surface area contributed by atoms with Gasteiger partial charge in [-0.2, -0.15) is 16.9 Å². The molecule has 1 amide bonds. The summed E-state index contributed by atoms with van der Waals surface area (Å²) >= 11 is 2.89. The first-order chi connectivity index (χ1) is 12.2. The van der Waals surface area contributed by atoms with E-state index >= 15 is 0 Å². The normalized spacial score (nSPS) is 12.9. The van der Waals surface area contributed by atoms with Crippen molar-refractivity contribution >= 4 is 35.0 Å². The zero-order valence-corrected chi connectivity index (χ0v) is 15.3. The first-order valence-corrected chi connectivity index (χ1v) is 9.53. The fourth-order valence-electron chi connectivity index (χ4n) is 2.66. The molecule has 0 aliphatic carbocycles. The fraction of sp³-hybridized carbons (Fsp3) is 0.250. The minimum atomic E-state index is -0.207. The van der Waals surface area contributed by atoms with E-state index < -0.39 is 0 Å². The van der Waals surface area contributed by atoms with Gasteiger partial charge >= 0.3 is 0 Å². The zero-order chi connectivity index (χ0) is 17.4. The molecule has 128 valence electrons. The molecule has 0 bridgehead atoms. The summed E-state index contributed by atoms with van der Waals surface area (Å²) in [5.74, 6) is 2.96. The van der Waals surface area contributed by atoms with Gasteiger partial charge in [0, 0.05) is 17.1 Å². The Bertz CT molecular complexity index is 933. The maximum absolute atomic E-state index is 12.6. The van der Waals surface area contributed by atoms with E-state index in [9.17, 15) is 4.79 Å². The summed E-state index contributed by atoms with van der Waals surface area (Å²) in [5.41, 5.74) is 3.58. The average Bonchev–Trinajstić information content (AvgIpc) is 3.32. The van der Waals surface area contributed by atoms with Crippen LogP contribution in [-0.2, 0) is 11.5 Å². The number of benzene rings is 1. The Labute approximate surface area is 152 Å². The van der Waals surface area contributed by atoms with Crippen molar-refractivity contribution in [1.82, 2.24) is 19.4 Å². The lowest BCUT2D eigenvalue weighted by molar-refractivity contribution is 0.102. The second-order valence-electron chi connectivity index (χ2n) is 5.52. The Morgan fingerprint density at radius 1 is 1.28 bits per heavy atom. The Kier molecular flexibility index (Phi) is 4.18. The molecule has 0 unspecified atom stereocenters. The van der Waals surface area contributed by atoms with Gasteiger partial charge in [0.05, 0.1) is 24.2 Å². The minimum Gasteiger partial charge on any atom is -0.497 e. The number of amides is 1. The van der Waals surface area contributed by atoms with Crippen LogP contribution in [-0.4, -0.2) is 32.4 Å². The molecule has 1 aliphatic rings. The number of carbonyl (C=O) groups excluding carboxylic acids is 1. The number of thioether (sulfide) groups is 1. The standard InChI is InChI=1S/C16H15N5O2S2/c1-9-14(25-20-18-9)16(22)17-15-12-7-24-8-13(12)19-21(15)10-3-5-11(23-2)6-4-10/h3-6H,7-8H2,1-2H3,(H,17,22). The average molecular weight is 373 g/mol. The lowest BCUT2D eigenvalue weighted by atomic mass is 10.2. The first kappa shape index (κ1) is 16.1. The third-order valence-electron chi connectivity index (χ3n) is 3.96. The van der Waals surface area contributed by atoms with Crippen molar-refractivity contribution in [3.63, 3.8) is 0 Å². The number of aryl methyl sites for hydroxylation is 1. The van der Waals surface area contributed by atoms with Gasteiger partial charge < -0.3 is 10.1 Å². The highest BCUT2D eigenvalue weighted by Crippen LogP contribution is 2.36. The highest BCUT2D eigenvalue weighted by Gasteiger charge is 2.26. The van der Waals surface area contributed by atoms with E-state index in [4.69, 9.17) is 4.74 Å². The van der Waals surface area contributed by atoms with Crippen molar-refractivity contribution in [2.24, 2.45) is 0 Å². The molecule has 0 fully saturated rings. The molecule has 7 nitrogen and oxygen atoms in total. The Hall–Kier alpha value is -2.39. The van der Waals surface area contributed by atoms with Crippen LogP contribution in [0.25, 0.3) is 5.69 Å². The number of hydrogen-bond donors (Lipinski definition) is 1. The maximum Gasteiger partial charge on any atom is 0.270 e. The van der Waals surface area contributed by atoms with Crippen LogP contribution in [0.5, 0.6) is 5.75 Å².